The van der Waals surface area contributed by atoms with E-state index in [0.29, 0.717) is 29.7 Å². The van der Waals surface area contributed by atoms with Crippen LogP contribution in [0.2, 0.25) is 0 Å². The molecule has 3 amide bonds. The van der Waals surface area contributed by atoms with Crippen molar-refractivity contribution in [3.05, 3.63) is 18.0 Å². The summed E-state index contributed by atoms with van der Waals surface area (Å²) in [4.78, 5) is 46.4. The minimum Gasteiger partial charge on any atom is -0.446 e. The third kappa shape index (κ3) is 10.4. The van der Waals surface area contributed by atoms with Crippen LogP contribution in [0.25, 0.3) is 0 Å². The van der Waals surface area contributed by atoms with Crippen LogP contribution in [0.5, 0.6) is 0 Å². The standard InChI is InChI=1S/C24H35F3N4O6/c1-14(11-24(25,26)27)30-19(32)35-17-9-8-15(10-17)16-12-28-18(29-13-16)31(20(33)36-22(2,3)4)21(34)37-23(5,6)7/h12-15,17H,8-11H2,1-7H3,(H,30,32)/t14-,15?,17?/m0/s1. The predicted octanol–water partition coefficient (Wildman–Crippen LogP) is 5.86. The molecule has 1 aromatic rings. The van der Waals surface area contributed by atoms with Crippen LogP contribution < -0.4 is 10.2 Å². The maximum atomic E-state index is 12.7. The van der Waals surface area contributed by atoms with Gasteiger partial charge < -0.3 is 19.5 Å². The lowest BCUT2D eigenvalue weighted by Crippen LogP contribution is -2.44. The molecule has 0 radical (unpaired) electrons. The fraction of sp³-hybridized carbons (Fsp3) is 0.708. The first-order valence-corrected chi connectivity index (χ1v) is 11.9. The number of nitrogens with zero attached hydrogens (tertiary/aromatic N) is 3. The van der Waals surface area contributed by atoms with Gasteiger partial charge in [0.1, 0.15) is 17.3 Å². The second-order valence-electron chi connectivity index (χ2n) is 11.0. The van der Waals surface area contributed by atoms with Crippen LogP contribution in [0.3, 0.4) is 0 Å². The van der Waals surface area contributed by atoms with E-state index in [2.05, 4.69) is 15.3 Å². The molecule has 0 aromatic carbocycles. The summed E-state index contributed by atoms with van der Waals surface area (Å²) in [5.74, 6) is -0.313. The van der Waals surface area contributed by atoms with Gasteiger partial charge >= 0.3 is 24.5 Å². The Morgan fingerprint density at radius 2 is 1.51 bits per heavy atom. The fourth-order valence-electron chi connectivity index (χ4n) is 3.65. The maximum absolute atomic E-state index is 12.7. The summed E-state index contributed by atoms with van der Waals surface area (Å²) < 4.78 is 53.3. The van der Waals surface area contributed by atoms with Crippen LogP contribution >= 0.6 is 0 Å². The van der Waals surface area contributed by atoms with E-state index in [1.807, 2.05) is 0 Å². The molecule has 1 saturated carbocycles. The van der Waals surface area contributed by atoms with E-state index in [1.54, 1.807) is 41.5 Å². The topological polar surface area (TPSA) is 120 Å². The van der Waals surface area contributed by atoms with Crippen LogP contribution in [-0.2, 0) is 14.2 Å². The van der Waals surface area contributed by atoms with Gasteiger partial charge in [-0.15, -0.1) is 4.90 Å². The molecule has 1 aliphatic carbocycles. The number of hydrogen-bond acceptors (Lipinski definition) is 8. The molecule has 1 heterocycles. The molecule has 2 unspecified atom stereocenters. The van der Waals surface area contributed by atoms with E-state index < -0.39 is 54.2 Å². The Hall–Kier alpha value is -3.12. The first kappa shape index (κ1) is 30.1. The smallest absolute Gasteiger partial charge is 0.427 e. The third-order valence-corrected chi connectivity index (χ3v) is 5.04. The van der Waals surface area contributed by atoms with E-state index in [0.717, 1.165) is 0 Å². The van der Waals surface area contributed by atoms with Gasteiger partial charge in [0, 0.05) is 18.4 Å². The van der Waals surface area contributed by atoms with Crippen LogP contribution in [-0.4, -0.2) is 57.8 Å². The molecule has 10 nitrogen and oxygen atoms in total. The monoisotopic (exact) mass is 532 g/mol. The predicted molar refractivity (Wildman–Crippen MR) is 127 cm³/mol. The van der Waals surface area contributed by atoms with Crippen LogP contribution in [0.15, 0.2) is 12.4 Å². The molecule has 0 saturated heterocycles. The Kier molecular flexibility index (Phi) is 9.37. The third-order valence-electron chi connectivity index (χ3n) is 5.04. The number of halogens is 3. The van der Waals surface area contributed by atoms with Gasteiger partial charge in [0.25, 0.3) is 0 Å². The number of hydrogen-bond donors (Lipinski definition) is 1. The Morgan fingerprint density at radius 1 is 1.00 bits per heavy atom. The molecule has 2 rings (SSSR count). The zero-order valence-electron chi connectivity index (χ0n) is 22.1. The quantitative estimate of drug-likeness (QED) is 0.469. The minimum absolute atomic E-state index is 0.0871. The lowest BCUT2D eigenvalue weighted by molar-refractivity contribution is -0.138. The first-order valence-electron chi connectivity index (χ1n) is 11.9. The molecule has 0 aliphatic heterocycles. The van der Waals surface area contributed by atoms with Crippen molar-refractivity contribution in [2.24, 2.45) is 0 Å². The lowest BCUT2D eigenvalue weighted by Gasteiger charge is -2.27. The number of anilines is 1. The van der Waals surface area contributed by atoms with Crippen molar-refractivity contribution < 1.29 is 41.8 Å². The molecule has 208 valence electrons. The van der Waals surface area contributed by atoms with Gasteiger partial charge in [0.05, 0.1) is 6.42 Å². The van der Waals surface area contributed by atoms with E-state index in [-0.39, 0.29) is 11.9 Å². The summed E-state index contributed by atoms with van der Waals surface area (Å²) in [5.41, 5.74) is -1.08. The summed E-state index contributed by atoms with van der Waals surface area (Å²) in [7, 11) is 0. The highest BCUT2D eigenvalue weighted by Crippen LogP contribution is 2.36. The molecular formula is C24H35F3N4O6. The van der Waals surface area contributed by atoms with Gasteiger partial charge in [-0.3, -0.25) is 0 Å². The number of nitrogens with one attached hydrogen (secondary N) is 1. The van der Waals surface area contributed by atoms with Gasteiger partial charge in [-0.25, -0.2) is 24.4 Å². The molecule has 1 aliphatic rings. The maximum Gasteiger partial charge on any atom is 0.427 e. The summed E-state index contributed by atoms with van der Waals surface area (Å²) in [5, 5.41) is 2.19. The summed E-state index contributed by atoms with van der Waals surface area (Å²) in [6, 6.07) is -1.11. The lowest BCUT2D eigenvalue weighted by atomic mass is 10.0. The van der Waals surface area contributed by atoms with Gasteiger partial charge in [0.2, 0.25) is 5.95 Å². The average Bonchev–Trinajstić information content (AvgIpc) is 3.12. The molecule has 1 N–H and O–H groups in total. The number of imide groups is 1. The zero-order valence-corrected chi connectivity index (χ0v) is 22.1. The van der Waals surface area contributed by atoms with Gasteiger partial charge in [-0.1, -0.05) is 0 Å². The second kappa shape index (κ2) is 11.5. The number of ether oxygens (including phenoxy) is 3. The zero-order chi connectivity index (χ0) is 28.2. The van der Waals surface area contributed by atoms with E-state index in [1.165, 1.54) is 19.3 Å². The van der Waals surface area contributed by atoms with Crippen molar-refractivity contribution in [3.63, 3.8) is 0 Å². The van der Waals surface area contributed by atoms with Gasteiger partial charge in [0.15, 0.2) is 0 Å². The van der Waals surface area contributed by atoms with Crippen molar-refractivity contribution in [2.75, 3.05) is 4.90 Å². The molecule has 1 fully saturated rings. The highest BCUT2D eigenvalue weighted by molar-refractivity contribution is 6.08. The molecule has 3 atom stereocenters. The normalized spacial score (nSPS) is 19.1. The molecule has 13 heteroatoms. The Morgan fingerprint density at radius 3 is 1.97 bits per heavy atom. The fourth-order valence-corrected chi connectivity index (χ4v) is 3.65. The van der Waals surface area contributed by atoms with E-state index in [9.17, 15) is 27.6 Å². The molecule has 0 bridgehead atoms. The number of aromatic nitrogens is 2. The number of carbonyl (C=O) groups is 3. The van der Waals surface area contributed by atoms with Gasteiger partial charge in [-0.05, 0) is 79.2 Å². The first-order chi connectivity index (χ1) is 16.8. The largest absolute Gasteiger partial charge is 0.446 e. The number of alkyl halides is 3. The number of rotatable bonds is 5. The second-order valence-corrected chi connectivity index (χ2v) is 11.0. The Labute approximate surface area is 214 Å². The summed E-state index contributed by atoms with van der Waals surface area (Å²) in [6.07, 6.45) is -4.43. The van der Waals surface area contributed by atoms with E-state index in [4.69, 9.17) is 14.2 Å². The average molecular weight is 533 g/mol. The van der Waals surface area contributed by atoms with Gasteiger partial charge in [-0.2, -0.15) is 13.2 Å². The van der Waals surface area contributed by atoms with Crippen molar-refractivity contribution in [2.45, 2.75) is 110 Å². The van der Waals surface area contributed by atoms with Crippen LogP contribution in [0.4, 0.5) is 33.5 Å². The Bertz CT molecular complexity index is 929. The highest BCUT2D eigenvalue weighted by Gasteiger charge is 2.36. The Balaban J connectivity index is 2.06. The van der Waals surface area contributed by atoms with E-state index >= 15 is 0 Å². The number of carbonyl (C=O) groups excluding carboxylic acids is 3. The van der Waals surface area contributed by atoms with Crippen molar-refractivity contribution in [1.29, 1.82) is 0 Å². The van der Waals surface area contributed by atoms with Crippen LogP contribution in [0, 0.1) is 0 Å². The van der Waals surface area contributed by atoms with Crippen molar-refractivity contribution in [3.8, 4) is 0 Å². The van der Waals surface area contributed by atoms with Crippen LogP contribution in [0.1, 0.15) is 85.6 Å². The molecule has 0 spiro atoms. The molecule has 1 aromatic heterocycles. The molecule has 37 heavy (non-hydrogen) atoms. The van der Waals surface area contributed by atoms with Crippen molar-refractivity contribution in [1.82, 2.24) is 15.3 Å². The highest BCUT2D eigenvalue weighted by atomic mass is 19.4. The number of amides is 3. The van der Waals surface area contributed by atoms with Crippen molar-refractivity contribution >= 4 is 24.2 Å². The summed E-state index contributed by atoms with van der Waals surface area (Å²) >= 11 is 0. The molecular weight excluding hydrogens is 497 g/mol. The summed E-state index contributed by atoms with van der Waals surface area (Å²) in [6.45, 7) is 11.2. The SMILES string of the molecule is C[C@@H](CC(F)(F)F)NC(=O)OC1CCC(c2cnc(N(C(=O)OC(C)(C)C)C(=O)OC(C)(C)C)nc2)C1. The number of alkyl carbamates (subject to hydrolysis) is 1. The minimum atomic E-state index is -4.39.